The molecule has 1 aromatic carbocycles. The molecule has 0 fully saturated rings. The molecule has 0 aliphatic rings. The monoisotopic (exact) mass is 179 g/mol. The van der Waals surface area contributed by atoms with E-state index < -0.39 is 5.91 Å². The average Bonchev–Trinajstić information content (AvgIpc) is 2.02. The molecule has 0 heterocycles. The summed E-state index contributed by atoms with van der Waals surface area (Å²) in [6, 6.07) is 3.60. The van der Waals surface area contributed by atoms with Crippen LogP contribution in [0.25, 0.3) is 0 Å². The Hall–Kier alpha value is -1.51. The number of carbonyl (C=O) groups excluding carboxylic acids is 1. The molecule has 70 valence electrons. The topological polar surface area (TPSA) is 52.3 Å². The van der Waals surface area contributed by atoms with Gasteiger partial charge in [-0.1, -0.05) is 0 Å². The second-order valence-corrected chi connectivity index (χ2v) is 3.00. The Morgan fingerprint density at radius 3 is 2.08 bits per heavy atom. The molecule has 0 unspecified atom stereocenters. The van der Waals surface area contributed by atoms with Gasteiger partial charge in [0, 0.05) is 5.56 Å². The van der Waals surface area contributed by atoms with Crippen LogP contribution in [0.2, 0.25) is 0 Å². The summed E-state index contributed by atoms with van der Waals surface area (Å²) in [7, 11) is 1.60. The van der Waals surface area contributed by atoms with E-state index in [2.05, 4.69) is 0 Å². The van der Waals surface area contributed by atoms with Gasteiger partial charge in [-0.2, -0.15) is 0 Å². The van der Waals surface area contributed by atoms with Crippen molar-refractivity contribution in [3.63, 3.8) is 0 Å². The van der Waals surface area contributed by atoms with E-state index in [1.807, 2.05) is 13.8 Å². The summed E-state index contributed by atoms with van der Waals surface area (Å²) in [5.41, 5.74) is 7.51. The van der Waals surface area contributed by atoms with Crippen LogP contribution < -0.4 is 10.5 Å². The largest absolute Gasteiger partial charge is 0.497 e. The second kappa shape index (κ2) is 3.47. The minimum absolute atomic E-state index is 0.391. The van der Waals surface area contributed by atoms with Crippen LogP contribution in [0.3, 0.4) is 0 Å². The molecule has 1 rings (SSSR count). The van der Waals surface area contributed by atoms with E-state index in [9.17, 15) is 4.79 Å². The summed E-state index contributed by atoms with van der Waals surface area (Å²) < 4.78 is 5.06. The Morgan fingerprint density at radius 1 is 1.31 bits per heavy atom. The van der Waals surface area contributed by atoms with Crippen molar-refractivity contribution in [3.8, 4) is 5.75 Å². The predicted octanol–water partition coefficient (Wildman–Crippen LogP) is 1.41. The molecule has 0 bridgehead atoms. The van der Waals surface area contributed by atoms with Crippen LogP contribution in [0.4, 0.5) is 0 Å². The van der Waals surface area contributed by atoms with Crippen LogP contribution in [-0.4, -0.2) is 13.0 Å². The first kappa shape index (κ1) is 9.58. The molecule has 0 atom stereocenters. The number of amides is 1. The molecule has 0 saturated heterocycles. The van der Waals surface area contributed by atoms with Crippen LogP contribution in [-0.2, 0) is 0 Å². The third-order valence-electron chi connectivity index (χ3n) is 1.99. The first-order chi connectivity index (χ1) is 6.06. The summed E-state index contributed by atoms with van der Waals surface area (Å²) in [5, 5.41) is 0. The van der Waals surface area contributed by atoms with Crippen molar-refractivity contribution in [3.05, 3.63) is 28.8 Å². The third-order valence-corrected chi connectivity index (χ3v) is 1.99. The van der Waals surface area contributed by atoms with Crippen molar-refractivity contribution in [2.75, 3.05) is 7.11 Å². The molecule has 0 aromatic heterocycles. The van der Waals surface area contributed by atoms with Gasteiger partial charge in [0.15, 0.2) is 0 Å². The number of methoxy groups -OCH3 is 1. The zero-order valence-electron chi connectivity index (χ0n) is 8.05. The molecule has 0 aliphatic heterocycles. The fraction of sp³-hybridized carbons (Fsp3) is 0.300. The quantitative estimate of drug-likeness (QED) is 0.746. The van der Waals surface area contributed by atoms with Crippen LogP contribution >= 0.6 is 0 Å². The molecule has 3 nitrogen and oxygen atoms in total. The molecule has 3 heteroatoms. The van der Waals surface area contributed by atoms with Crippen LogP contribution in [0.15, 0.2) is 12.1 Å². The number of primary amides is 1. The van der Waals surface area contributed by atoms with Gasteiger partial charge in [0.1, 0.15) is 5.75 Å². The van der Waals surface area contributed by atoms with E-state index in [-0.39, 0.29) is 0 Å². The summed E-state index contributed by atoms with van der Waals surface area (Å²) in [5.74, 6) is 0.359. The standard InChI is InChI=1S/C10H13NO2/c1-6-4-8(13-3)5-7(2)9(6)10(11)12/h4-5H,1-3H3,(H2,11,12). The molecule has 0 spiro atoms. The van der Waals surface area contributed by atoms with Crippen LogP contribution in [0.5, 0.6) is 5.75 Å². The van der Waals surface area contributed by atoms with E-state index in [1.54, 1.807) is 19.2 Å². The number of nitrogens with two attached hydrogens (primary N) is 1. The maximum Gasteiger partial charge on any atom is 0.249 e. The number of aryl methyl sites for hydroxylation is 2. The zero-order valence-corrected chi connectivity index (χ0v) is 8.05. The first-order valence-electron chi connectivity index (χ1n) is 4.01. The Bertz CT molecular complexity index is 322. The van der Waals surface area contributed by atoms with E-state index in [0.29, 0.717) is 5.56 Å². The highest BCUT2D eigenvalue weighted by Gasteiger charge is 2.09. The Balaban J connectivity index is 3.31. The van der Waals surface area contributed by atoms with E-state index in [0.717, 1.165) is 16.9 Å². The van der Waals surface area contributed by atoms with E-state index in [4.69, 9.17) is 10.5 Å². The lowest BCUT2D eigenvalue weighted by atomic mass is 10.0. The third kappa shape index (κ3) is 1.80. The fourth-order valence-electron chi connectivity index (χ4n) is 1.43. The van der Waals surface area contributed by atoms with Crippen molar-refractivity contribution in [1.82, 2.24) is 0 Å². The number of hydrogen-bond donors (Lipinski definition) is 1. The highest BCUT2D eigenvalue weighted by molar-refractivity contribution is 5.96. The summed E-state index contributed by atoms with van der Waals surface area (Å²) in [6.07, 6.45) is 0. The van der Waals surface area contributed by atoms with Crippen molar-refractivity contribution in [2.45, 2.75) is 13.8 Å². The number of carbonyl (C=O) groups is 1. The van der Waals surface area contributed by atoms with Gasteiger partial charge in [-0.3, -0.25) is 4.79 Å². The lowest BCUT2D eigenvalue weighted by Crippen LogP contribution is -2.14. The number of hydrogen-bond acceptors (Lipinski definition) is 2. The minimum atomic E-state index is -0.391. The predicted molar refractivity (Wildman–Crippen MR) is 51.0 cm³/mol. The van der Waals surface area contributed by atoms with Gasteiger partial charge in [-0.25, -0.2) is 0 Å². The number of rotatable bonds is 2. The summed E-state index contributed by atoms with van der Waals surface area (Å²) in [4.78, 5) is 11.0. The average molecular weight is 179 g/mol. The van der Waals surface area contributed by atoms with Crippen molar-refractivity contribution >= 4 is 5.91 Å². The van der Waals surface area contributed by atoms with Gasteiger partial charge in [0.2, 0.25) is 5.91 Å². The molecule has 1 aromatic rings. The van der Waals surface area contributed by atoms with Gasteiger partial charge in [0.25, 0.3) is 0 Å². The molecule has 2 N–H and O–H groups in total. The van der Waals surface area contributed by atoms with Gasteiger partial charge < -0.3 is 10.5 Å². The molecule has 13 heavy (non-hydrogen) atoms. The number of ether oxygens (including phenoxy) is 1. The molecular formula is C10H13NO2. The van der Waals surface area contributed by atoms with Gasteiger partial charge in [-0.15, -0.1) is 0 Å². The SMILES string of the molecule is COc1cc(C)c(C(N)=O)c(C)c1. The number of benzene rings is 1. The highest BCUT2D eigenvalue weighted by Crippen LogP contribution is 2.20. The van der Waals surface area contributed by atoms with Gasteiger partial charge in [-0.05, 0) is 37.1 Å². The fourth-order valence-corrected chi connectivity index (χ4v) is 1.43. The van der Waals surface area contributed by atoms with Crippen molar-refractivity contribution in [1.29, 1.82) is 0 Å². The van der Waals surface area contributed by atoms with Crippen molar-refractivity contribution in [2.24, 2.45) is 5.73 Å². The first-order valence-corrected chi connectivity index (χ1v) is 4.01. The second-order valence-electron chi connectivity index (χ2n) is 3.00. The van der Waals surface area contributed by atoms with E-state index in [1.165, 1.54) is 0 Å². The minimum Gasteiger partial charge on any atom is -0.497 e. The Morgan fingerprint density at radius 2 is 1.77 bits per heavy atom. The maximum atomic E-state index is 11.0. The van der Waals surface area contributed by atoms with Crippen LogP contribution in [0, 0.1) is 13.8 Å². The lowest BCUT2D eigenvalue weighted by Gasteiger charge is -2.08. The lowest BCUT2D eigenvalue weighted by molar-refractivity contribution is 0.0999. The Kier molecular flexibility index (Phi) is 2.56. The van der Waals surface area contributed by atoms with Crippen LogP contribution in [0.1, 0.15) is 21.5 Å². The Labute approximate surface area is 77.5 Å². The maximum absolute atomic E-state index is 11.0. The highest BCUT2D eigenvalue weighted by atomic mass is 16.5. The van der Waals surface area contributed by atoms with E-state index >= 15 is 0 Å². The molecule has 1 amide bonds. The normalized spacial score (nSPS) is 9.77. The van der Waals surface area contributed by atoms with Gasteiger partial charge in [0.05, 0.1) is 7.11 Å². The molecule has 0 aliphatic carbocycles. The molecule has 0 radical (unpaired) electrons. The van der Waals surface area contributed by atoms with Gasteiger partial charge >= 0.3 is 0 Å². The smallest absolute Gasteiger partial charge is 0.249 e. The summed E-state index contributed by atoms with van der Waals surface area (Å²) >= 11 is 0. The van der Waals surface area contributed by atoms with Crippen molar-refractivity contribution < 1.29 is 9.53 Å². The summed E-state index contributed by atoms with van der Waals surface area (Å²) in [6.45, 7) is 3.69. The molecule has 0 saturated carbocycles. The molecular weight excluding hydrogens is 166 g/mol. The zero-order chi connectivity index (χ0) is 10.0.